The van der Waals surface area contributed by atoms with Crippen LogP contribution in [0.25, 0.3) is 26.9 Å². The van der Waals surface area contributed by atoms with Crippen molar-refractivity contribution in [2.24, 2.45) is 0 Å². The molecule has 0 bridgehead atoms. The van der Waals surface area contributed by atoms with Gasteiger partial charge in [-0.2, -0.15) is 0 Å². The maximum Gasteiger partial charge on any atom is 0.249 e. The van der Waals surface area contributed by atoms with E-state index < -0.39 is 0 Å². The molecule has 4 aromatic rings. The Labute approximate surface area is 196 Å². The molecular formula is C26H25N3OS2. The topological polar surface area (TPSA) is 45.2 Å². The molecule has 0 radical (unpaired) electrons. The van der Waals surface area contributed by atoms with Crippen LogP contribution in [0.4, 0.5) is 5.00 Å². The molecule has 2 aromatic heterocycles. The van der Waals surface area contributed by atoms with Gasteiger partial charge in [0.2, 0.25) is 5.91 Å². The molecule has 4 nitrogen and oxygen atoms in total. The fourth-order valence-corrected chi connectivity index (χ4v) is 6.43. The third-order valence-corrected chi connectivity index (χ3v) is 7.97. The Morgan fingerprint density at radius 3 is 2.66 bits per heavy atom. The number of hydrogen-bond acceptors (Lipinski definition) is 5. The van der Waals surface area contributed by atoms with Crippen LogP contribution >= 0.6 is 22.7 Å². The van der Waals surface area contributed by atoms with E-state index >= 15 is 0 Å². The van der Waals surface area contributed by atoms with E-state index in [2.05, 4.69) is 36.2 Å². The normalized spacial score (nSPS) is 14.3. The maximum atomic E-state index is 12.8. The fraction of sp³-hybridized carbons (Fsp3) is 0.231. The fourth-order valence-electron chi connectivity index (χ4n) is 4.05. The van der Waals surface area contributed by atoms with Gasteiger partial charge in [-0.1, -0.05) is 42.5 Å². The lowest BCUT2D eigenvalue weighted by Crippen LogP contribution is -2.35. The summed E-state index contributed by atoms with van der Waals surface area (Å²) in [6, 6.07) is 18.6. The number of rotatable bonds is 5. The number of nitrogens with one attached hydrogen (secondary N) is 1. The van der Waals surface area contributed by atoms with Gasteiger partial charge in [0, 0.05) is 35.6 Å². The number of para-hydroxylation sites is 1. The predicted octanol–water partition coefficient (Wildman–Crippen LogP) is 6.44. The van der Waals surface area contributed by atoms with Crippen LogP contribution in [0.3, 0.4) is 0 Å². The summed E-state index contributed by atoms with van der Waals surface area (Å²) in [6.07, 6.45) is 4.43. The van der Waals surface area contributed by atoms with Gasteiger partial charge in [-0.25, -0.2) is 4.98 Å². The van der Waals surface area contributed by atoms with Gasteiger partial charge in [0.1, 0.15) is 10.0 Å². The lowest BCUT2D eigenvalue weighted by atomic mass is 10.0. The van der Waals surface area contributed by atoms with Crippen molar-refractivity contribution in [3.8, 4) is 10.6 Å². The lowest BCUT2D eigenvalue weighted by Gasteiger charge is -2.30. The van der Waals surface area contributed by atoms with Gasteiger partial charge >= 0.3 is 0 Å². The molecule has 0 atom stereocenters. The molecule has 0 aliphatic carbocycles. The summed E-state index contributed by atoms with van der Waals surface area (Å²) in [5, 5.41) is 5.06. The van der Waals surface area contributed by atoms with Gasteiger partial charge in [-0.15, -0.1) is 22.7 Å². The van der Waals surface area contributed by atoms with Crippen LogP contribution in [0.5, 0.6) is 0 Å². The Morgan fingerprint density at radius 2 is 1.88 bits per heavy atom. The molecular weight excluding hydrogens is 434 g/mol. The Bertz CT molecular complexity index is 1250. The number of nitrogens with zero attached hydrogens (tertiary/aromatic N) is 2. The molecule has 1 aliphatic heterocycles. The summed E-state index contributed by atoms with van der Waals surface area (Å²) in [4.78, 5) is 21.6. The van der Waals surface area contributed by atoms with Gasteiger partial charge in [-0.05, 0) is 49.6 Å². The molecule has 0 unspecified atom stereocenters. The van der Waals surface area contributed by atoms with Crippen molar-refractivity contribution in [2.75, 3.05) is 11.9 Å². The number of carbonyl (C=O) groups is 1. The zero-order valence-electron chi connectivity index (χ0n) is 18.2. The second-order valence-corrected chi connectivity index (χ2v) is 10.4. The second-order valence-electron chi connectivity index (χ2n) is 8.24. The van der Waals surface area contributed by atoms with E-state index in [0.717, 1.165) is 46.2 Å². The van der Waals surface area contributed by atoms with Crippen molar-refractivity contribution in [3.63, 3.8) is 0 Å². The third kappa shape index (κ3) is 4.26. The van der Waals surface area contributed by atoms with E-state index in [0.29, 0.717) is 6.04 Å². The predicted molar refractivity (Wildman–Crippen MR) is 136 cm³/mol. The number of anilines is 1. The third-order valence-electron chi connectivity index (χ3n) is 5.79. The molecule has 0 spiro atoms. The SMILES string of the molecule is CC(C)N1CCc2c(sc(NC(=O)C=Cc3ccccc3)c2-c2nc3ccccc3s2)C1. The summed E-state index contributed by atoms with van der Waals surface area (Å²) in [5.74, 6) is -0.115. The zero-order valence-corrected chi connectivity index (χ0v) is 19.8. The minimum absolute atomic E-state index is 0.115. The minimum Gasteiger partial charge on any atom is -0.313 e. The molecule has 0 saturated carbocycles. The smallest absolute Gasteiger partial charge is 0.249 e. The first-order chi connectivity index (χ1) is 15.6. The van der Waals surface area contributed by atoms with E-state index in [4.69, 9.17) is 4.98 Å². The van der Waals surface area contributed by atoms with Crippen LogP contribution in [0.1, 0.15) is 29.9 Å². The number of amides is 1. The summed E-state index contributed by atoms with van der Waals surface area (Å²) >= 11 is 3.40. The van der Waals surface area contributed by atoms with Crippen LogP contribution in [-0.4, -0.2) is 28.4 Å². The average molecular weight is 460 g/mol. The monoisotopic (exact) mass is 459 g/mol. The molecule has 5 rings (SSSR count). The Hall–Kier alpha value is -2.80. The second kappa shape index (κ2) is 8.98. The number of benzene rings is 2. The van der Waals surface area contributed by atoms with Crippen molar-refractivity contribution < 1.29 is 4.79 Å². The Kier molecular flexibility index (Phi) is 5.91. The average Bonchev–Trinajstić information content (AvgIpc) is 3.38. The first-order valence-corrected chi connectivity index (χ1v) is 12.5. The first kappa shape index (κ1) is 21.1. The molecule has 32 heavy (non-hydrogen) atoms. The van der Waals surface area contributed by atoms with Crippen molar-refractivity contribution in [3.05, 3.63) is 76.7 Å². The summed E-state index contributed by atoms with van der Waals surface area (Å²) in [6.45, 7) is 6.43. The van der Waals surface area contributed by atoms with E-state index in [1.54, 1.807) is 28.7 Å². The van der Waals surface area contributed by atoms with Gasteiger partial charge in [-0.3, -0.25) is 9.69 Å². The van der Waals surface area contributed by atoms with Crippen molar-refractivity contribution in [1.82, 2.24) is 9.88 Å². The maximum absolute atomic E-state index is 12.8. The summed E-state index contributed by atoms with van der Waals surface area (Å²) < 4.78 is 1.17. The zero-order chi connectivity index (χ0) is 22.1. The quantitative estimate of drug-likeness (QED) is 0.349. The van der Waals surface area contributed by atoms with Crippen LogP contribution in [0.2, 0.25) is 0 Å². The van der Waals surface area contributed by atoms with E-state index in [1.807, 2.05) is 48.5 Å². The molecule has 2 aromatic carbocycles. The van der Waals surface area contributed by atoms with Crippen molar-refractivity contribution in [2.45, 2.75) is 32.9 Å². The largest absolute Gasteiger partial charge is 0.313 e. The summed E-state index contributed by atoms with van der Waals surface area (Å²) in [7, 11) is 0. The molecule has 1 amide bonds. The number of aromatic nitrogens is 1. The lowest BCUT2D eigenvalue weighted by molar-refractivity contribution is -0.111. The van der Waals surface area contributed by atoms with Gasteiger partial charge in [0.25, 0.3) is 0 Å². The Balaban J connectivity index is 1.51. The number of carbonyl (C=O) groups excluding carboxylic acids is 1. The van der Waals surface area contributed by atoms with Crippen molar-refractivity contribution in [1.29, 1.82) is 0 Å². The standard InChI is InChI=1S/C26H25N3OS2/c1-17(2)29-15-14-19-22(16-29)32-26(28-23(30)13-12-18-8-4-3-5-9-18)24(19)25-27-20-10-6-7-11-21(20)31-25/h3-13,17H,14-16H2,1-2H3,(H,28,30). The molecule has 1 N–H and O–H groups in total. The number of fused-ring (bicyclic) bond motifs is 2. The highest BCUT2D eigenvalue weighted by atomic mass is 32.1. The minimum atomic E-state index is -0.115. The highest BCUT2D eigenvalue weighted by Gasteiger charge is 2.28. The molecule has 0 saturated heterocycles. The van der Waals surface area contributed by atoms with E-state index in [9.17, 15) is 4.79 Å². The molecule has 0 fully saturated rings. The molecule has 3 heterocycles. The van der Waals surface area contributed by atoms with E-state index in [-0.39, 0.29) is 5.91 Å². The molecule has 1 aliphatic rings. The highest BCUT2D eigenvalue weighted by molar-refractivity contribution is 7.22. The van der Waals surface area contributed by atoms with Gasteiger partial charge < -0.3 is 5.32 Å². The molecule has 162 valence electrons. The number of thiophene rings is 1. The Morgan fingerprint density at radius 1 is 1.09 bits per heavy atom. The summed E-state index contributed by atoms with van der Waals surface area (Å²) in [5.41, 5.74) is 4.46. The van der Waals surface area contributed by atoms with Crippen LogP contribution in [0.15, 0.2) is 60.7 Å². The number of hydrogen-bond donors (Lipinski definition) is 1. The van der Waals surface area contributed by atoms with Crippen LogP contribution in [0, 0.1) is 0 Å². The number of thiazole rings is 1. The van der Waals surface area contributed by atoms with Crippen LogP contribution < -0.4 is 5.32 Å². The van der Waals surface area contributed by atoms with Gasteiger partial charge in [0.15, 0.2) is 0 Å². The van der Waals surface area contributed by atoms with E-state index in [1.165, 1.54) is 15.1 Å². The van der Waals surface area contributed by atoms with Crippen LogP contribution in [-0.2, 0) is 17.8 Å². The van der Waals surface area contributed by atoms with Gasteiger partial charge in [0.05, 0.1) is 10.2 Å². The van der Waals surface area contributed by atoms with Crippen molar-refractivity contribution >= 4 is 49.9 Å². The highest BCUT2D eigenvalue weighted by Crippen LogP contribution is 2.45. The molecule has 6 heteroatoms. The first-order valence-electron chi connectivity index (χ1n) is 10.9.